The molecule has 0 saturated carbocycles. The molecule has 0 N–H and O–H groups in total. The molecule has 5 heteroatoms. The van der Waals surface area contributed by atoms with Gasteiger partial charge in [0.2, 0.25) is 0 Å². The molecule has 0 aromatic heterocycles. The van der Waals surface area contributed by atoms with Crippen molar-refractivity contribution in [3.05, 3.63) is 90.0 Å². The molecule has 0 amide bonds. The van der Waals surface area contributed by atoms with Crippen LogP contribution in [-0.4, -0.2) is 32.3 Å². The van der Waals surface area contributed by atoms with Gasteiger partial charge in [0.1, 0.15) is 12.7 Å². The second-order valence-electron chi connectivity index (χ2n) is 7.11. The predicted molar refractivity (Wildman–Crippen MR) is 116 cm³/mol. The van der Waals surface area contributed by atoms with Crippen LogP contribution in [0, 0.1) is 0 Å². The molecule has 0 atom stereocenters. The molecular formula is C25H25NO4. The monoisotopic (exact) mass is 403 g/mol. The molecule has 3 aromatic rings. The zero-order chi connectivity index (χ0) is 20.8. The van der Waals surface area contributed by atoms with E-state index < -0.39 is 0 Å². The molecule has 1 aliphatic heterocycles. The van der Waals surface area contributed by atoms with Crippen LogP contribution >= 0.6 is 0 Å². The molecule has 154 valence electrons. The van der Waals surface area contributed by atoms with Crippen LogP contribution in [0.1, 0.15) is 24.2 Å². The number of benzene rings is 3. The minimum atomic E-state index is -0.360. The van der Waals surface area contributed by atoms with Gasteiger partial charge in [-0.25, -0.2) is 0 Å². The first-order valence-electron chi connectivity index (χ1n) is 10.1. The Morgan fingerprint density at radius 2 is 1.63 bits per heavy atom. The van der Waals surface area contributed by atoms with Crippen molar-refractivity contribution >= 4 is 11.7 Å². The van der Waals surface area contributed by atoms with Gasteiger partial charge in [0.25, 0.3) is 0 Å². The number of esters is 1. The number of rotatable bonds is 7. The predicted octanol–water partition coefficient (Wildman–Crippen LogP) is 4.62. The van der Waals surface area contributed by atoms with E-state index >= 15 is 0 Å². The Kier molecular flexibility index (Phi) is 6.30. The molecule has 0 unspecified atom stereocenters. The van der Waals surface area contributed by atoms with E-state index in [-0.39, 0.29) is 12.1 Å². The van der Waals surface area contributed by atoms with E-state index in [1.165, 1.54) is 6.92 Å². The zero-order valence-corrected chi connectivity index (χ0v) is 17.0. The Morgan fingerprint density at radius 3 is 2.27 bits per heavy atom. The molecule has 30 heavy (non-hydrogen) atoms. The molecule has 1 heterocycles. The normalized spacial score (nSPS) is 12.9. The summed E-state index contributed by atoms with van der Waals surface area (Å²) in [4.78, 5) is 13.6. The summed E-state index contributed by atoms with van der Waals surface area (Å²) in [5.74, 6) is 0.708. The van der Waals surface area contributed by atoms with Crippen LogP contribution in [0.15, 0.2) is 78.9 Å². The Morgan fingerprint density at radius 1 is 0.967 bits per heavy atom. The van der Waals surface area contributed by atoms with E-state index in [0.717, 1.165) is 23.4 Å². The largest absolute Gasteiger partial charge is 0.486 e. The Labute approximate surface area is 176 Å². The van der Waals surface area contributed by atoms with Crippen molar-refractivity contribution in [1.29, 1.82) is 0 Å². The quantitative estimate of drug-likeness (QED) is 0.426. The summed E-state index contributed by atoms with van der Waals surface area (Å²) in [5.41, 5.74) is 3.17. The lowest BCUT2D eigenvalue weighted by atomic mass is 10.0. The number of para-hydroxylation sites is 1. The van der Waals surface area contributed by atoms with Crippen molar-refractivity contribution in [3.63, 3.8) is 0 Å². The van der Waals surface area contributed by atoms with E-state index in [4.69, 9.17) is 14.2 Å². The molecule has 0 saturated heterocycles. The fourth-order valence-corrected chi connectivity index (χ4v) is 3.67. The van der Waals surface area contributed by atoms with Crippen molar-refractivity contribution in [3.8, 4) is 11.5 Å². The summed E-state index contributed by atoms with van der Waals surface area (Å²) in [6.45, 7) is 3.93. The summed E-state index contributed by atoms with van der Waals surface area (Å²) >= 11 is 0. The maximum Gasteiger partial charge on any atom is 0.308 e. The zero-order valence-electron chi connectivity index (χ0n) is 17.0. The third-order valence-electron chi connectivity index (χ3n) is 5.01. The average Bonchev–Trinajstić information content (AvgIpc) is 2.78. The number of carbonyl (C=O) groups is 1. The molecule has 4 rings (SSSR count). The third kappa shape index (κ3) is 4.63. The lowest BCUT2D eigenvalue weighted by molar-refractivity contribution is -0.132. The van der Waals surface area contributed by atoms with Crippen molar-refractivity contribution < 1.29 is 19.0 Å². The SMILES string of the molecule is CC(=O)Oc1cccc2c1OCCN2CCOC(c1ccccc1)c1ccccc1. The summed E-state index contributed by atoms with van der Waals surface area (Å²) in [5, 5.41) is 0. The van der Waals surface area contributed by atoms with Crippen molar-refractivity contribution in [1.82, 2.24) is 0 Å². The summed E-state index contributed by atoms with van der Waals surface area (Å²) in [6, 6.07) is 26.1. The first-order chi connectivity index (χ1) is 14.7. The summed E-state index contributed by atoms with van der Waals surface area (Å²) < 4.78 is 17.4. The van der Waals surface area contributed by atoms with Gasteiger partial charge in [-0.15, -0.1) is 0 Å². The van der Waals surface area contributed by atoms with Crippen LogP contribution in [0.25, 0.3) is 0 Å². The second-order valence-corrected chi connectivity index (χ2v) is 7.11. The molecular weight excluding hydrogens is 378 g/mol. The van der Waals surface area contributed by atoms with Crippen LogP contribution in [0.4, 0.5) is 5.69 Å². The minimum absolute atomic E-state index is 0.125. The molecule has 0 spiro atoms. The van der Waals surface area contributed by atoms with E-state index in [0.29, 0.717) is 31.3 Å². The Bertz CT molecular complexity index is 935. The number of fused-ring (bicyclic) bond motifs is 1. The van der Waals surface area contributed by atoms with Gasteiger partial charge in [-0.3, -0.25) is 4.79 Å². The van der Waals surface area contributed by atoms with E-state index in [9.17, 15) is 4.79 Å². The minimum Gasteiger partial charge on any atom is -0.486 e. The number of nitrogens with zero attached hydrogens (tertiary/aromatic N) is 1. The fourth-order valence-electron chi connectivity index (χ4n) is 3.67. The Hall–Kier alpha value is -3.31. The van der Waals surface area contributed by atoms with Crippen LogP contribution in [0.3, 0.4) is 0 Å². The molecule has 0 radical (unpaired) electrons. The van der Waals surface area contributed by atoms with E-state index in [2.05, 4.69) is 29.2 Å². The van der Waals surface area contributed by atoms with E-state index in [1.807, 2.05) is 48.5 Å². The highest BCUT2D eigenvalue weighted by molar-refractivity contribution is 5.74. The maximum atomic E-state index is 11.4. The standard InChI is InChI=1S/C25H25NO4/c1-19(27)30-23-14-8-13-22-25(23)29-18-16-26(22)15-17-28-24(20-9-4-2-5-10-20)21-11-6-3-7-12-21/h2-14,24H,15-18H2,1H3. The fraction of sp³-hybridized carbons (Fsp3) is 0.240. The molecule has 0 bridgehead atoms. The highest BCUT2D eigenvalue weighted by Gasteiger charge is 2.23. The first kappa shape index (κ1) is 20.0. The van der Waals surface area contributed by atoms with Gasteiger partial charge in [0, 0.05) is 13.5 Å². The topological polar surface area (TPSA) is 48.0 Å². The van der Waals surface area contributed by atoms with Crippen LogP contribution in [-0.2, 0) is 9.53 Å². The lowest BCUT2D eigenvalue weighted by Gasteiger charge is -2.32. The second kappa shape index (κ2) is 9.46. The molecule has 0 aliphatic carbocycles. The summed E-state index contributed by atoms with van der Waals surface area (Å²) in [6.07, 6.45) is -0.125. The highest BCUT2D eigenvalue weighted by atomic mass is 16.6. The van der Waals surface area contributed by atoms with Crippen molar-refractivity contribution in [2.45, 2.75) is 13.0 Å². The maximum absolute atomic E-state index is 11.4. The molecule has 3 aromatic carbocycles. The lowest BCUT2D eigenvalue weighted by Crippen LogP contribution is -2.35. The third-order valence-corrected chi connectivity index (χ3v) is 5.01. The average molecular weight is 403 g/mol. The Balaban J connectivity index is 1.48. The first-order valence-corrected chi connectivity index (χ1v) is 10.1. The van der Waals surface area contributed by atoms with Gasteiger partial charge in [-0.1, -0.05) is 66.7 Å². The number of carbonyl (C=O) groups excluding carboxylic acids is 1. The van der Waals surface area contributed by atoms with Crippen LogP contribution in [0.5, 0.6) is 11.5 Å². The number of hydrogen-bond acceptors (Lipinski definition) is 5. The van der Waals surface area contributed by atoms with Crippen molar-refractivity contribution in [2.24, 2.45) is 0 Å². The van der Waals surface area contributed by atoms with Gasteiger partial charge in [0.15, 0.2) is 11.5 Å². The number of hydrogen-bond donors (Lipinski definition) is 0. The smallest absolute Gasteiger partial charge is 0.308 e. The van der Waals surface area contributed by atoms with Gasteiger partial charge in [-0.2, -0.15) is 0 Å². The van der Waals surface area contributed by atoms with Crippen LogP contribution in [0.2, 0.25) is 0 Å². The number of anilines is 1. The number of ether oxygens (including phenoxy) is 3. The van der Waals surface area contributed by atoms with Gasteiger partial charge in [0.05, 0.1) is 18.8 Å². The highest BCUT2D eigenvalue weighted by Crippen LogP contribution is 2.40. The van der Waals surface area contributed by atoms with Gasteiger partial charge in [-0.05, 0) is 23.3 Å². The molecule has 1 aliphatic rings. The van der Waals surface area contributed by atoms with Crippen molar-refractivity contribution in [2.75, 3.05) is 31.2 Å². The molecule has 0 fully saturated rings. The van der Waals surface area contributed by atoms with E-state index in [1.54, 1.807) is 6.07 Å². The van der Waals surface area contributed by atoms with Gasteiger partial charge >= 0.3 is 5.97 Å². The summed E-state index contributed by atoms with van der Waals surface area (Å²) in [7, 11) is 0. The molecule has 5 nitrogen and oxygen atoms in total. The van der Waals surface area contributed by atoms with Gasteiger partial charge < -0.3 is 19.1 Å². The van der Waals surface area contributed by atoms with Crippen LogP contribution < -0.4 is 14.4 Å².